The zero-order chi connectivity index (χ0) is 23.4. The number of hydrogen-bond donors (Lipinski definition) is 0. The van der Waals surface area contributed by atoms with Crippen LogP contribution in [0.2, 0.25) is 0 Å². The summed E-state index contributed by atoms with van der Waals surface area (Å²) in [5, 5.41) is 0. The van der Waals surface area contributed by atoms with Crippen molar-refractivity contribution in [3.05, 3.63) is 131 Å². The van der Waals surface area contributed by atoms with Crippen LogP contribution < -0.4 is 9.47 Å². The Kier molecular flexibility index (Phi) is 8.51. The zero-order valence-electron chi connectivity index (χ0n) is 19.4. The molecule has 0 radical (unpaired) electrons. The predicted molar refractivity (Wildman–Crippen MR) is 137 cm³/mol. The monoisotopic (exact) mass is 450 g/mol. The van der Waals surface area contributed by atoms with Crippen molar-refractivity contribution in [3.63, 3.8) is 0 Å². The molecule has 172 valence electrons. The normalized spacial score (nSPS) is 10.6. The van der Waals surface area contributed by atoms with Gasteiger partial charge >= 0.3 is 0 Å². The van der Waals surface area contributed by atoms with Crippen LogP contribution in [0.15, 0.2) is 109 Å². The average molecular weight is 451 g/mol. The SMILES string of the molecule is O=C(c1ccc(OCCCc2ccccc2)cc1)c1ccc(OCCCc2ccccc2)cc1. The molecule has 0 unspecified atom stereocenters. The van der Waals surface area contributed by atoms with Gasteiger partial charge < -0.3 is 9.47 Å². The Bertz CT molecular complexity index is 1040. The summed E-state index contributed by atoms with van der Waals surface area (Å²) < 4.78 is 11.7. The molecule has 0 amide bonds. The largest absolute Gasteiger partial charge is 0.494 e. The van der Waals surface area contributed by atoms with Crippen molar-refractivity contribution >= 4 is 5.78 Å². The van der Waals surface area contributed by atoms with Gasteiger partial charge in [0.15, 0.2) is 5.78 Å². The van der Waals surface area contributed by atoms with E-state index in [1.54, 1.807) is 0 Å². The first-order chi connectivity index (χ1) is 16.8. The minimum absolute atomic E-state index is 0.00810. The second-order valence-electron chi connectivity index (χ2n) is 8.25. The van der Waals surface area contributed by atoms with Gasteiger partial charge in [-0.2, -0.15) is 0 Å². The first-order valence-corrected chi connectivity index (χ1v) is 11.9. The molecule has 0 aliphatic heterocycles. The van der Waals surface area contributed by atoms with Crippen molar-refractivity contribution < 1.29 is 14.3 Å². The Morgan fingerprint density at radius 3 is 1.26 bits per heavy atom. The molecule has 0 N–H and O–H groups in total. The van der Waals surface area contributed by atoms with Gasteiger partial charge in [0.05, 0.1) is 13.2 Å². The van der Waals surface area contributed by atoms with E-state index in [-0.39, 0.29) is 5.78 Å². The fourth-order valence-electron chi connectivity index (χ4n) is 3.79. The van der Waals surface area contributed by atoms with Crippen LogP contribution in [-0.4, -0.2) is 19.0 Å². The highest BCUT2D eigenvalue weighted by Crippen LogP contribution is 2.19. The molecule has 0 spiro atoms. The lowest BCUT2D eigenvalue weighted by Gasteiger charge is -2.09. The summed E-state index contributed by atoms with van der Waals surface area (Å²) in [6, 6.07) is 35.5. The molecule has 0 aliphatic carbocycles. The van der Waals surface area contributed by atoms with Crippen LogP contribution >= 0.6 is 0 Å². The summed E-state index contributed by atoms with van der Waals surface area (Å²) in [6.07, 6.45) is 3.88. The Morgan fingerprint density at radius 2 is 0.882 bits per heavy atom. The number of rotatable bonds is 12. The molecular formula is C31H30O3. The molecule has 0 saturated heterocycles. The van der Waals surface area contributed by atoms with Crippen LogP contribution in [0.3, 0.4) is 0 Å². The minimum atomic E-state index is -0.00810. The third-order valence-corrected chi connectivity index (χ3v) is 5.68. The fourth-order valence-corrected chi connectivity index (χ4v) is 3.79. The molecule has 3 heteroatoms. The molecule has 0 saturated carbocycles. The lowest BCUT2D eigenvalue weighted by atomic mass is 10.0. The smallest absolute Gasteiger partial charge is 0.193 e. The molecule has 0 bridgehead atoms. The minimum Gasteiger partial charge on any atom is -0.494 e. The molecule has 34 heavy (non-hydrogen) atoms. The van der Waals surface area contributed by atoms with E-state index < -0.39 is 0 Å². The predicted octanol–water partition coefficient (Wildman–Crippen LogP) is 6.94. The summed E-state index contributed by atoms with van der Waals surface area (Å²) in [4.78, 5) is 12.8. The van der Waals surface area contributed by atoms with Gasteiger partial charge in [0, 0.05) is 11.1 Å². The maximum absolute atomic E-state index is 12.8. The number of benzene rings is 4. The van der Waals surface area contributed by atoms with Gasteiger partial charge in [-0.1, -0.05) is 60.7 Å². The summed E-state index contributed by atoms with van der Waals surface area (Å²) in [5.41, 5.74) is 3.92. The summed E-state index contributed by atoms with van der Waals surface area (Å²) in [6.45, 7) is 1.30. The molecule has 4 aromatic carbocycles. The number of hydrogen-bond acceptors (Lipinski definition) is 3. The molecule has 0 heterocycles. The van der Waals surface area contributed by atoms with Crippen LogP contribution in [0.1, 0.15) is 39.9 Å². The second kappa shape index (κ2) is 12.4. The van der Waals surface area contributed by atoms with E-state index in [9.17, 15) is 4.79 Å². The average Bonchev–Trinajstić information content (AvgIpc) is 2.91. The van der Waals surface area contributed by atoms with Crippen molar-refractivity contribution in [3.8, 4) is 11.5 Å². The van der Waals surface area contributed by atoms with Crippen molar-refractivity contribution in [1.29, 1.82) is 0 Å². The standard InChI is InChI=1S/C31H30O3/c32-31(27-15-19-29(20-16-27)33-23-7-13-25-9-3-1-4-10-25)28-17-21-30(22-18-28)34-24-8-14-26-11-5-2-6-12-26/h1-6,9-12,15-22H,7-8,13-14,23-24H2. The van der Waals surface area contributed by atoms with Crippen LogP contribution in [0.25, 0.3) is 0 Å². The molecule has 4 rings (SSSR count). The summed E-state index contributed by atoms with van der Waals surface area (Å²) in [5.74, 6) is 1.55. The summed E-state index contributed by atoms with van der Waals surface area (Å²) in [7, 11) is 0. The lowest BCUT2D eigenvalue weighted by Crippen LogP contribution is -2.03. The van der Waals surface area contributed by atoms with Gasteiger partial charge in [-0.25, -0.2) is 0 Å². The lowest BCUT2D eigenvalue weighted by molar-refractivity contribution is 0.103. The zero-order valence-corrected chi connectivity index (χ0v) is 19.4. The Morgan fingerprint density at radius 1 is 0.500 bits per heavy atom. The van der Waals surface area contributed by atoms with E-state index in [0.717, 1.165) is 37.2 Å². The number of carbonyl (C=O) groups excluding carboxylic acids is 1. The third kappa shape index (κ3) is 7.08. The highest BCUT2D eigenvalue weighted by atomic mass is 16.5. The third-order valence-electron chi connectivity index (χ3n) is 5.68. The van der Waals surface area contributed by atoms with Crippen LogP contribution in [0, 0.1) is 0 Å². The number of aryl methyl sites for hydroxylation is 2. The van der Waals surface area contributed by atoms with Gasteiger partial charge in [-0.3, -0.25) is 4.79 Å². The fraction of sp³-hybridized carbons (Fsp3) is 0.194. The molecule has 0 aromatic heterocycles. The van der Waals surface area contributed by atoms with E-state index >= 15 is 0 Å². The first kappa shape index (κ1) is 23.3. The number of ketones is 1. The molecule has 0 aliphatic rings. The van der Waals surface area contributed by atoms with Crippen LogP contribution in [0.5, 0.6) is 11.5 Å². The van der Waals surface area contributed by atoms with E-state index in [1.165, 1.54) is 11.1 Å². The van der Waals surface area contributed by atoms with Crippen molar-refractivity contribution in [2.45, 2.75) is 25.7 Å². The van der Waals surface area contributed by atoms with Gasteiger partial charge in [0.25, 0.3) is 0 Å². The van der Waals surface area contributed by atoms with Gasteiger partial charge in [0.1, 0.15) is 11.5 Å². The Labute approximate surface area is 202 Å². The quantitative estimate of drug-likeness (QED) is 0.173. The summed E-state index contributed by atoms with van der Waals surface area (Å²) >= 11 is 0. The number of carbonyl (C=O) groups is 1. The van der Waals surface area contributed by atoms with Gasteiger partial charge in [0.2, 0.25) is 0 Å². The van der Waals surface area contributed by atoms with Gasteiger partial charge in [-0.05, 0) is 85.3 Å². The maximum atomic E-state index is 12.8. The van der Waals surface area contributed by atoms with E-state index in [2.05, 4.69) is 48.5 Å². The molecular weight excluding hydrogens is 420 g/mol. The topological polar surface area (TPSA) is 35.5 Å². The molecule has 4 aromatic rings. The highest BCUT2D eigenvalue weighted by molar-refractivity contribution is 6.09. The maximum Gasteiger partial charge on any atom is 0.193 e. The first-order valence-electron chi connectivity index (χ1n) is 11.9. The molecule has 0 atom stereocenters. The van der Waals surface area contributed by atoms with E-state index in [1.807, 2.05) is 60.7 Å². The van der Waals surface area contributed by atoms with Crippen molar-refractivity contribution in [1.82, 2.24) is 0 Å². The van der Waals surface area contributed by atoms with E-state index in [0.29, 0.717) is 24.3 Å². The number of ether oxygens (including phenoxy) is 2. The van der Waals surface area contributed by atoms with Crippen LogP contribution in [-0.2, 0) is 12.8 Å². The Hall–Kier alpha value is -3.85. The van der Waals surface area contributed by atoms with Crippen LogP contribution in [0.4, 0.5) is 0 Å². The molecule has 3 nitrogen and oxygen atoms in total. The molecule has 0 fully saturated rings. The van der Waals surface area contributed by atoms with Crippen molar-refractivity contribution in [2.24, 2.45) is 0 Å². The van der Waals surface area contributed by atoms with Crippen molar-refractivity contribution in [2.75, 3.05) is 13.2 Å². The second-order valence-corrected chi connectivity index (χ2v) is 8.25. The van der Waals surface area contributed by atoms with Gasteiger partial charge in [-0.15, -0.1) is 0 Å². The Balaban J connectivity index is 1.20. The highest BCUT2D eigenvalue weighted by Gasteiger charge is 2.09. The van der Waals surface area contributed by atoms with E-state index in [4.69, 9.17) is 9.47 Å².